The highest BCUT2D eigenvalue weighted by Gasteiger charge is 2.27. The predicted molar refractivity (Wildman–Crippen MR) is 63.5 cm³/mol. The van der Waals surface area contributed by atoms with Crippen molar-refractivity contribution in [2.24, 2.45) is 11.8 Å². The Hall–Kier alpha value is -0.490. The Bertz CT molecular complexity index is 196. The van der Waals surface area contributed by atoms with Crippen molar-refractivity contribution in [1.29, 1.82) is 0 Å². The van der Waals surface area contributed by atoms with Crippen molar-refractivity contribution in [2.45, 2.75) is 0 Å². The lowest BCUT2D eigenvalue weighted by Gasteiger charge is -2.20. The Morgan fingerprint density at radius 2 is 1.00 bits per heavy atom. The minimum Gasteiger partial charge on any atom is -0.315 e. The van der Waals surface area contributed by atoms with Gasteiger partial charge in [0.25, 0.3) is 0 Å². The summed E-state index contributed by atoms with van der Waals surface area (Å²) >= 11 is 0. The van der Waals surface area contributed by atoms with Gasteiger partial charge in [-0.25, -0.2) is 0 Å². The van der Waals surface area contributed by atoms with Crippen LogP contribution in [-0.4, -0.2) is 58.1 Å². The summed E-state index contributed by atoms with van der Waals surface area (Å²) in [4.78, 5) is 12.3. The van der Waals surface area contributed by atoms with Crippen molar-refractivity contribution in [3.63, 3.8) is 0 Å². The van der Waals surface area contributed by atoms with Crippen LogP contribution in [0.2, 0.25) is 0 Å². The normalized spacial score (nSPS) is 26.0. The lowest BCUT2D eigenvalue weighted by atomic mass is 9.92. The van der Waals surface area contributed by atoms with E-state index in [1.165, 1.54) is 0 Å². The predicted octanol–water partition coefficient (Wildman–Crippen LogP) is -1.83. The Balaban J connectivity index is 1.88. The molecule has 0 atom stereocenters. The van der Waals surface area contributed by atoms with Gasteiger partial charge in [-0.05, 0) is 0 Å². The van der Waals surface area contributed by atoms with Crippen LogP contribution < -0.4 is 21.3 Å². The lowest BCUT2D eigenvalue weighted by Crippen LogP contribution is -2.40. The summed E-state index contributed by atoms with van der Waals surface area (Å²) in [5.41, 5.74) is 0. The summed E-state index contributed by atoms with van der Waals surface area (Å²) < 4.78 is 0. The molecule has 2 aliphatic heterocycles. The summed E-state index contributed by atoms with van der Waals surface area (Å²) in [5.74, 6) is 0.659. The smallest absolute Gasteiger partial charge is 0.144 e. The molecule has 0 radical (unpaired) electrons. The fourth-order valence-electron chi connectivity index (χ4n) is 2.34. The van der Waals surface area contributed by atoms with E-state index in [4.69, 9.17) is 0 Å². The summed E-state index contributed by atoms with van der Waals surface area (Å²) in [7, 11) is 0. The fourth-order valence-corrected chi connectivity index (χ4v) is 2.34. The van der Waals surface area contributed by atoms with Crippen LogP contribution in [0.3, 0.4) is 0 Å². The third-order valence-electron chi connectivity index (χ3n) is 3.32. The van der Waals surface area contributed by atoms with E-state index in [-0.39, 0.29) is 11.8 Å². The lowest BCUT2D eigenvalue weighted by molar-refractivity contribution is -0.126. The molecule has 16 heavy (non-hydrogen) atoms. The number of hydrogen-bond donors (Lipinski definition) is 4. The topological polar surface area (TPSA) is 65.2 Å². The van der Waals surface area contributed by atoms with E-state index in [0.717, 1.165) is 52.4 Å². The molecular weight excluding hydrogens is 204 g/mol. The number of carbonyl (C=O) groups is 1. The van der Waals surface area contributed by atoms with Gasteiger partial charge in [-0.3, -0.25) is 4.79 Å². The first-order valence-corrected chi connectivity index (χ1v) is 6.24. The van der Waals surface area contributed by atoms with Gasteiger partial charge >= 0.3 is 0 Å². The largest absolute Gasteiger partial charge is 0.315 e. The monoisotopic (exact) mass is 226 g/mol. The second-order valence-corrected chi connectivity index (χ2v) is 4.61. The van der Waals surface area contributed by atoms with Crippen LogP contribution in [0.15, 0.2) is 0 Å². The molecule has 5 nitrogen and oxygen atoms in total. The second kappa shape index (κ2) is 6.30. The first-order valence-electron chi connectivity index (χ1n) is 6.24. The molecule has 0 aliphatic carbocycles. The Morgan fingerprint density at radius 1 is 0.688 bits per heavy atom. The van der Waals surface area contributed by atoms with Crippen LogP contribution in [0.5, 0.6) is 0 Å². The molecule has 0 aromatic rings. The van der Waals surface area contributed by atoms with Crippen LogP contribution in [0.25, 0.3) is 0 Å². The van der Waals surface area contributed by atoms with E-state index >= 15 is 0 Å². The van der Waals surface area contributed by atoms with Gasteiger partial charge in [-0.15, -0.1) is 0 Å². The van der Waals surface area contributed by atoms with Gasteiger partial charge < -0.3 is 21.3 Å². The third kappa shape index (κ3) is 3.25. The molecule has 2 fully saturated rings. The third-order valence-corrected chi connectivity index (χ3v) is 3.32. The molecule has 0 unspecified atom stereocenters. The molecule has 5 heteroatoms. The molecule has 2 saturated heterocycles. The number of nitrogens with one attached hydrogen (secondary N) is 4. The summed E-state index contributed by atoms with van der Waals surface area (Å²) in [5, 5.41) is 13.2. The van der Waals surface area contributed by atoms with E-state index in [9.17, 15) is 4.79 Å². The van der Waals surface area contributed by atoms with Crippen LogP contribution in [0.4, 0.5) is 0 Å². The molecular formula is C11H22N4O. The minimum atomic E-state index is 0.134. The summed E-state index contributed by atoms with van der Waals surface area (Å²) in [6.45, 7) is 7.14. The Morgan fingerprint density at radius 3 is 1.31 bits per heavy atom. The molecule has 0 aromatic heterocycles. The second-order valence-electron chi connectivity index (χ2n) is 4.61. The van der Waals surface area contributed by atoms with E-state index in [1.807, 2.05) is 0 Å². The number of carbonyl (C=O) groups excluding carboxylic acids is 1. The van der Waals surface area contributed by atoms with Gasteiger partial charge in [0.15, 0.2) is 0 Å². The maximum absolute atomic E-state index is 12.3. The van der Waals surface area contributed by atoms with Crippen molar-refractivity contribution < 1.29 is 4.79 Å². The quantitative estimate of drug-likeness (QED) is 0.446. The van der Waals surface area contributed by atoms with Crippen molar-refractivity contribution in [3.05, 3.63) is 0 Å². The number of Topliss-reactive ketones (excluding diaryl/α,β-unsaturated/α-hetero) is 1. The molecule has 0 saturated carbocycles. The zero-order valence-electron chi connectivity index (χ0n) is 9.72. The maximum atomic E-state index is 12.3. The molecule has 0 aromatic carbocycles. The molecule has 92 valence electrons. The van der Waals surface area contributed by atoms with Crippen molar-refractivity contribution in [1.82, 2.24) is 21.3 Å². The van der Waals surface area contributed by atoms with Crippen LogP contribution in [-0.2, 0) is 4.79 Å². The summed E-state index contributed by atoms with van der Waals surface area (Å²) in [6, 6.07) is 0. The molecule has 0 amide bonds. The van der Waals surface area contributed by atoms with Gasteiger partial charge in [-0.1, -0.05) is 0 Å². The van der Waals surface area contributed by atoms with E-state index in [2.05, 4.69) is 21.3 Å². The van der Waals surface area contributed by atoms with Gasteiger partial charge in [0.1, 0.15) is 5.78 Å². The molecule has 0 spiro atoms. The Labute approximate surface area is 96.7 Å². The zero-order chi connectivity index (χ0) is 11.2. The Kier molecular flexibility index (Phi) is 4.71. The standard InChI is InChI=1S/C11H22N4O/c16-11(9-5-12-1-2-13-6-9)10-7-14-3-4-15-8-10/h9-10,12-15H,1-8H2. The highest BCUT2D eigenvalue weighted by Crippen LogP contribution is 2.08. The van der Waals surface area contributed by atoms with Gasteiger partial charge in [-0.2, -0.15) is 0 Å². The fraction of sp³-hybridized carbons (Fsp3) is 0.909. The maximum Gasteiger partial charge on any atom is 0.144 e. The number of ketones is 1. The SMILES string of the molecule is O=C(C1CNCCNC1)C1CNCCNC1. The number of rotatable bonds is 2. The van der Waals surface area contributed by atoms with Gasteiger partial charge in [0.2, 0.25) is 0 Å². The van der Waals surface area contributed by atoms with Crippen LogP contribution in [0, 0.1) is 11.8 Å². The molecule has 2 rings (SSSR count). The average Bonchev–Trinajstić information content (AvgIpc) is 2.73. The zero-order valence-corrected chi connectivity index (χ0v) is 9.72. The summed E-state index contributed by atoms with van der Waals surface area (Å²) in [6.07, 6.45) is 0. The molecule has 2 aliphatic rings. The molecule has 4 N–H and O–H groups in total. The average molecular weight is 226 g/mol. The van der Waals surface area contributed by atoms with E-state index < -0.39 is 0 Å². The minimum absolute atomic E-state index is 0.134. The van der Waals surface area contributed by atoms with Crippen LogP contribution in [0.1, 0.15) is 0 Å². The first kappa shape index (κ1) is 12.0. The molecule has 2 heterocycles. The van der Waals surface area contributed by atoms with Crippen molar-refractivity contribution >= 4 is 5.78 Å². The highest BCUT2D eigenvalue weighted by atomic mass is 16.1. The number of hydrogen-bond acceptors (Lipinski definition) is 5. The first-order chi connectivity index (χ1) is 7.88. The van der Waals surface area contributed by atoms with Gasteiger partial charge in [0.05, 0.1) is 0 Å². The van der Waals surface area contributed by atoms with Crippen molar-refractivity contribution in [2.75, 3.05) is 52.4 Å². The molecule has 0 bridgehead atoms. The highest BCUT2D eigenvalue weighted by molar-refractivity contribution is 5.84. The van der Waals surface area contributed by atoms with E-state index in [0.29, 0.717) is 5.78 Å². The van der Waals surface area contributed by atoms with Crippen molar-refractivity contribution in [3.8, 4) is 0 Å². The van der Waals surface area contributed by atoms with E-state index in [1.54, 1.807) is 0 Å². The van der Waals surface area contributed by atoms with Gasteiger partial charge in [0, 0.05) is 64.2 Å². The van der Waals surface area contributed by atoms with Crippen LogP contribution >= 0.6 is 0 Å².